The Balaban J connectivity index is 1.37. The Labute approximate surface area is 178 Å². The van der Waals surface area contributed by atoms with Crippen molar-refractivity contribution in [2.75, 3.05) is 32.7 Å². The summed E-state index contributed by atoms with van der Waals surface area (Å²) in [5, 5.41) is 0.729. The molecule has 0 unspecified atom stereocenters. The maximum atomic E-state index is 13.6. The standard InChI is InChI=1S/C23H31ClN4O/c1-2-21-25-11-12-27(21)16-13-26-14-17-28(18-15-26)22(29)23(9-3-4-10-23)19-5-7-20(24)8-6-19/h5-8,11-12H,2-4,9-10,13-18H2,1H3. The van der Waals surface area contributed by atoms with Crippen molar-refractivity contribution in [2.45, 2.75) is 51.0 Å². The summed E-state index contributed by atoms with van der Waals surface area (Å²) in [5.74, 6) is 1.46. The van der Waals surface area contributed by atoms with Crippen LogP contribution < -0.4 is 0 Å². The average molecular weight is 415 g/mol. The van der Waals surface area contributed by atoms with Crippen molar-refractivity contribution in [3.63, 3.8) is 0 Å². The van der Waals surface area contributed by atoms with Crippen molar-refractivity contribution in [1.29, 1.82) is 0 Å². The summed E-state index contributed by atoms with van der Waals surface area (Å²) in [4.78, 5) is 22.6. The molecule has 1 aromatic heterocycles. The Morgan fingerprint density at radius 2 is 1.76 bits per heavy atom. The van der Waals surface area contributed by atoms with Crippen LogP contribution >= 0.6 is 11.6 Å². The number of rotatable bonds is 6. The summed E-state index contributed by atoms with van der Waals surface area (Å²) < 4.78 is 2.24. The highest BCUT2D eigenvalue weighted by atomic mass is 35.5. The molecule has 0 spiro atoms. The van der Waals surface area contributed by atoms with Gasteiger partial charge in [0.05, 0.1) is 5.41 Å². The Kier molecular flexibility index (Phi) is 6.26. The molecule has 156 valence electrons. The van der Waals surface area contributed by atoms with Crippen LogP contribution in [0.1, 0.15) is 44.0 Å². The molecule has 0 atom stereocenters. The van der Waals surface area contributed by atoms with Gasteiger partial charge in [-0.15, -0.1) is 0 Å². The van der Waals surface area contributed by atoms with Crippen molar-refractivity contribution >= 4 is 17.5 Å². The number of piperazine rings is 1. The largest absolute Gasteiger partial charge is 0.339 e. The van der Waals surface area contributed by atoms with Crippen molar-refractivity contribution in [3.8, 4) is 0 Å². The maximum Gasteiger partial charge on any atom is 0.233 e. The van der Waals surface area contributed by atoms with E-state index in [1.165, 1.54) is 0 Å². The third-order valence-electron chi connectivity index (χ3n) is 6.70. The highest BCUT2D eigenvalue weighted by Crippen LogP contribution is 2.43. The van der Waals surface area contributed by atoms with Crippen LogP contribution in [0.4, 0.5) is 0 Å². The van der Waals surface area contributed by atoms with Crippen LogP contribution in [0.3, 0.4) is 0 Å². The molecule has 6 heteroatoms. The van der Waals surface area contributed by atoms with Gasteiger partial charge in [0.2, 0.25) is 5.91 Å². The van der Waals surface area contributed by atoms with Gasteiger partial charge in [0, 0.05) is 63.1 Å². The smallest absolute Gasteiger partial charge is 0.233 e. The topological polar surface area (TPSA) is 41.4 Å². The van der Waals surface area contributed by atoms with Gasteiger partial charge in [-0.05, 0) is 30.5 Å². The third kappa shape index (κ3) is 4.22. The summed E-state index contributed by atoms with van der Waals surface area (Å²) in [7, 11) is 0. The minimum atomic E-state index is -0.348. The lowest BCUT2D eigenvalue weighted by Crippen LogP contribution is -2.54. The Morgan fingerprint density at radius 3 is 2.41 bits per heavy atom. The molecule has 2 heterocycles. The van der Waals surface area contributed by atoms with Crippen LogP contribution in [0, 0.1) is 0 Å². The lowest BCUT2D eigenvalue weighted by molar-refractivity contribution is -0.139. The summed E-state index contributed by atoms with van der Waals surface area (Å²) in [6.07, 6.45) is 9.06. The fourth-order valence-corrected chi connectivity index (χ4v) is 5.08. The average Bonchev–Trinajstić information content (AvgIpc) is 3.43. The second-order valence-electron chi connectivity index (χ2n) is 8.32. The number of carbonyl (C=O) groups excluding carboxylic acids is 1. The Hall–Kier alpha value is -1.85. The zero-order chi connectivity index (χ0) is 20.3. The van der Waals surface area contributed by atoms with Gasteiger partial charge in [-0.2, -0.15) is 0 Å². The highest BCUT2D eigenvalue weighted by Gasteiger charge is 2.45. The van der Waals surface area contributed by atoms with E-state index in [4.69, 9.17) is 11.6 Å². The number of aryl methyl sites for hydroxylation is 1. The number of hydrogen-bond donors (Lipinski definition) is 0. The van der Waals surface area contributed by atoms with Gasteiger partial charge in [-0.25, -0.2) is 4.98 Å². The molecular weight excluding hydrogens is 384 g/mol. The number of amides is 1. The number of nitrogens with zero attached hydrogens (tertiary/aromatic N) is 4. The number of aromatic nitrogens is 2. The molecule has 29 heavy (non-hydrogen) atoms. The number of halogens is 1. The van der Waals surface area contributed by atoms with Crippen LogP contribution in [0.25, 0.3) is 0 Å². The molecule has 1 aliphatic heterocycles. The van der Waals surface area contributed by atoms with E-state index in [9.17, 15) is 4.79 Å². The number of carbonyl (C=O) groups is 1. The van der Waals surface area contributed by atoms with Gasteiger partial charge in [0.25, 0.3) is 0 Å². The van der Waals surface area contributed by atoms with E-state index in [2.05, 4.69) is 44.6 Å². The Morgan fingerprint density at radius 1 is 1.07 bits per heavy atom. The van der Waals surface area contributed by atoms with Gasteiger partial charge in [0.15, 0.2) is 0 Å². The maximum absolute atomic E-state index is 13.6. The monoisotopic (exact) mass is 414 g/mol. The molecule has 1 aromatic carbocycles. The SMILES string of the molecule is CCc1nccn1CCN1CCN(C(=O)C2(c3ccc(Cl)cc3)CCCC2)CC1. The lowest BCUT2D eigenvalue weighted by atomic mass is 9.77. The van der Waals surface area contributed by atoms with Crippen molar-refractivity contribution in [3.05, 3.63) is 53.1 Å². The second kappa shape index (κ2) is 8.88. The second-order valence-corrected chi connectivity index (χ2v) is 8.76. The van der Waals surface area contributed by atoms with Gasteiger partial charge in [-0.1, -0.05) is 43.5 Å². The predicted molar refractivity (Wildman–Crippen MR) is 116 cm³/mol. The summed E-state index contributed by atoms with van der Waals surface area (Å²) in [6, 6.07) is 7.95. The summed E-state index contributed by atoms with van der Waals surface area (Å²) in [5.41, 5.74) is 0.790. The number of imidazole rings is 1. The van der Waals surface area contributed by atoms with Gasteiger partial charge < -0.3 is 9.47 Å². The molecule has 1 saturated heterocycles. The van der Waals surface area contributed by atoms with Gasteiger partial charge in [-0.3, -0.25) is 9.69 Å². The van der Waals surface area contributed by atoms with Crippen molar-refractivity contribution in [2.24, 2.45) is 0 Å². The van der Waals surface area contributed by atoms with E-state index in [-0.39, 0.29) is 5.41 Å². The zero-order valence-electron chi connectivity index (χ0n) is 17.3. The van der Waals surface area contributed by atoms with Gasteiger partial charge in [0.1, 0.15) is 5.82 Å². The predicted octanol–water partition coefficient (Wildman–Crippen LogP) is 3.76. The minimum absolute atomic E-state index is 0.319. The summed E-state index contributed by atoms with van der Waals surface area (Å²) >= 11 is 6.09. The molecule has 2 fully saturated rings. The zero-order valence-corrected chi connectivity index (χ0v) is 18.1. The van der Waals surface area contributed by atoms with Crippen molar-refractivity contribution in [1.82, 2.24) is 19.4 Å². The van der Waals surface area contributed by atoms with Crippen LogP contribution in [0.2, 0.25) is 5.02 Å². The molecule has 4 rings (SSSR count). The quantitative estimate of drug-likeness (QED) is 0.722. The van der Waals surface area contributed by atoms with Gasteiger partial charge >= 0.3 is 0 Å². The normalized spacial score (nSPS) is 19.6. The molecule has 1 saturated carbocycles. The van der Waals surface area contributed by atoms with E-state index in [1.807, 2.05) is 18.3 Å². The molecular formula is C23H31ClN4O. The third-order valence-corrected chi connectivity index (χ3v) is 6.95. The van der Waals surface area contributed by atoms with Crippen molar-refractivity contribution < 1.29 is 4.79 Å². The molecule has 0 radical (unpaired) electrons. The fraction of sp³-hybridized carbons (Fsp3) is 0.565. The van der Waals surface area contributed by atoms with Crippen LogP contribution in [-0.2, 0) is 23.2 Å². The van der Waals surface area contributed by atoms with Crippen LogP contribution in [-0.4, -0.2) is 58.0 Å². The molecule has 2 aromatic rings. The first-order valence-electron chi connectivity index (χ1n) is 10.9. The van der Waals surface area contributed by atoms with E-state index in [0.29, 0.717) is 5.91 Å². The first-order valence-corrected chi connectivity index (χ1v) is 11.3. The molecule has 1 aliphatic carbocycles. The van der Waals surface area contributed by atoms with E-state index >= 15 is 0 Å². The first-order chi connectivity index (χ1) is 14.1. The van der Waals surface area contributed by atoms with Crippen LogP contribution in [0.15, 0.2) is 36.7 Å². The van der Waals surface area contributed by atoms with E-state index in [1.54, 1.807) is 0 Å². The molecule has 0 N–H and O–H groups in total. The van der Waals surface area contributed by atoms with E-state index in [0.717, 1.165) is 87.8 Å². The minimum Gasteiger partial charge on any atom is -0.339 e. The van der Waals surface area contributed by atoms with E-state index < -0.39 is 0 Å². The molecule has 5 nitrogen and oxygen atoms in total. The number of benzene rings is 1. The molecule has 1 amide bonds. The number of hydrogen-bond acceptors (Lipinski definition) is 3. The Bertz CT molecular complexity index is 818. The summed E-state index contributed by atoms with van der Waals surface area (Å²) in [6.45, 7) is 7.64. The highest BCUT2D eigenvalue weighted by molar-refractivity contribution is 6.30. The lowest BCUT2D eigenvalue weighted by Gasteiger charge is -2.40. The molecule has 0 bridgehead atoms. The first kappa shape index (κ1) is 20.4. The van der Waals surface area contributed by atoms with Crippen LogP contribution in [0.5, 0.6) is 0 Å². The fourth-order valence-electron chi connectivity index (χ4n) is 4.96. The molecule has 2 aliphatic rings.